The van der Waals surface area contributed by atoms with Gasteiger partial charge in [0.2, 0.25) is 5.91 Å². The number of aryl methyl sites for hydroxylation is 2. The Morgan fingerprint density at radius 1 is 1.50 bits per heavy atom. The molecule has 0 aliphatic carbocycles. The van der Waals surface area contributed by atoms with Crippen molar-refractivity contribution in [3.05, 3.63) is 34.3 Å². The largest absolute Gasteiger partial charge is 0.340 e. The summed E-state index contributed by atoms with van der Waals surface area (Å²) in [5, 5.41) is 3.12. The fourth-order valence-electron chi connectivity index (χ4n) is 3.04. The van der Waals surface area contributed by atoms with Gasteiger partial charge in [-0.3, -0.25) is 4.79 Å². The van der Waals surface area contributed by atoms with Crippen molar-refractivity contribution in [3.63, 3.8) is 0 Å². The van der Waals surface area contributed by atoms with E-state index in [1.165, 1.54) is 0 Å². The molecule has 1 saturated heterocycles. The Labute approximate surface area is 135 Å². The molecular weight excluding hydrogens is 296 g/mol. The van der Waals surface area contributed by atoms with E-state index in [1.54, 1.807) is 11.3 Å². The summed E-state index contributed by atoms with van der Waals surface area (Å²) in [4.78, 5) is 23.3. The van der Waals surface area contributed by atoms with Crippen molar-refractivity contribution in [3.8, 4) is 0 Å². The van der Waals surface area contributed by atoms with Crippen LogP contribution in [0.25, 0.3) is 0 Å². The van der Waals surface area contributed by atoms with Crippen LogP contribution in [0, 0.1) is 6.92 Å². The zero-order valence-electron chi connectivity index (χ0n) is 13.2. The number of nitrogens with zero attached hydrogens (tertiary/aromatic N) is 4. The van der Waals surface area contributed by atoms with Gasteiger partial charge in [0.05, 0.1) is 23.2 Å². The molecule has 1 fully saturated rings. The predicted molar refractivity (Wildman–Crippen MR) is 87.0 cm³/mol. The summed E-state index contributed by atoms with van der Waals surface area (Å²) < 4.78 is 2.19. The molecule has 5 nitrogen and oxygen atoms in total. The molecule has 22 heavy (non-hydrogen) atoms. The maximum absolute atomic E-state index is 12.5. The predicted octanol–water partition coefficient (Wildman–Crippen LogP) is 2.62. The van der Waals surface area contributed by atoms with E-state index in [-0.39, 0.29) is 5.91 Å². The first kappa shape index (κ1) is 15.2. The van der Waals surface area contributed by atoms with Crippen LogP contribution < -0.4 is 0 Å². The minimum absolute atomic E-state index is 0.190. The highest BCUT2D eigenvalue weighted by Crippen LogP contribution is 2.23. The number of aromatic nitrogens is 3. The second-order valence-electron chi connectivity index (χ2n) is 5.78. The summed E-state index contributed by atoms with van der Waals surface area (Å²) in [6, 6.07) is 0.349. The first-order chi connectivity index (χ1) is 10.7. The Hall–Kier alpha value is -1.69. The average molecular weight is 318 g/mol. The summed E-state index contributed by atoms with van der Waals surface area (Å²) in [7, 11) is 0. The number of hydrogen-bond donors (Lipinski definition) is 0. The second kappa shape index (κ2) is 6.60. The maximum atomic E-state index is 12.5. The number of likely N-dealkylation sites (tertiary alicyclic amines) is 1. The number of imidazole rings is 1. The van der Waals surface area contributed by atoms with Crippen LogP contribution in [0.2, 0.25) is 0 Å². The Bertz CT molecular complexity index is 648. The summed E-state index contributed by atoms with van der Waals surface area (Å²) >= 11 is 1.64. The highest BCUT2D eigenvalue weighted by molar-refractivity contribution is 7.09. The number of hydrogen-bond acceptors (Lipinski definition) is 4. The van der Waals surface area contributed by atoms with Crippen molar-refractivity contribution < 1.29 is 4.79 Å². The van der Waals surface area contributed by atoms with Gasteiger partial charge in [-0.1, -0.05) is 6.92 Å². The molecule has 0 N–H and O–H groups in total. The van der Waals surface area contributed by atoms with Crippen molar-refractivity contribution in [2.24, 2.45) is 0 Å². The third-order valence-electron chi connectivity index (χ3n) is 4.24. The zero-order valence-corrected chi connectivity index (χ0v) is 14.0. The minimum atomic E-state index is 0.190. The van der Waals surface area contributed by atoms with Crippen molar-refractivity contribution in [2.75, 3.05) is 13.1 Å². The molecule has 0 spiro atoms. The van der Waals surface area contributed by atoms with Crippen LogP contribution in [0.5, 0.6) is 0 Å². The standard InChI is InChI=1S/C16H22N4OS/c1-3-15-18-13(11-22-15)9-16(21)19-7-4-5-14(10-19)20-8-6-17-12(20)2/h6,8,11,14H,3-5,7,9-10H2,1-2H3. The van der Waals surface area contributed by atoms with E-state index in [9.17, 15) is 4.79 Å². The number of carbonyl (C=O) groups is 1. The third kappa shape index (κ3) is 3.21. The average Bonchev–Trinajstić information content (AvgIpc) is 3.16. The molecule has 1 aliphatic rings. The molecule has 1 atom stereocenters. The molecule has 118 valence electrons. The summed E-state index contributed by atoms with van der Waals surface area (Å²) in [5.41, 5.74) is 0.910. The highest BCUT2D eigenvalue weighted by atomic mass is 32.1. The fourth-order valence-corrected chi connectivity index (χ4v) is 3.79. The molecule has 2 aromatic heterocycles. The number of carbonyl (C=O) groups excluding carboxylic acids is 1. The Morgan fingerprint density at radius 2 is 2.36 bits per heavy atom. The Morgan fingerprint density at radius 3 is 3.05 bits per heavy atom. The number of amides is 1. The van der Waals surface area contributed by atoms with Crippen LogP contribution in [0.3, 0.4) is 0 Å². The van der Waals surface area contributed by atoms with Gasteiger partial charge in [-0.05, 0) is 26.2 Å². The quantitative estimate of drug-likeness (QED) is 0.871. The lowest BCUT2D eigenvalue weighted by Gasteiger charge is -2.34. The van der Waals surface area contributed by atoms with Crippen LogP contribution in [0.15, 0.2) is 17.8 Å². The summed E-state index contributed by atoms with van der Waals surface area (Å²) in [6.07, 6.45) is 7.36. The molecule has 2 aromatic rings. The van der Waals surface area contributed by atoms with Crippen LogP contribution in [0.1, 0.15) is 42.3 Å². The zero-order chi connectivity index (χ0) is 15.5. The third-order valence-corrected chi connectivity index (χ3v) is 5.28. The topological polar surface area (TPSA) is 51.0 Å². The van der Waals surface area contributed by atoms with Gasteiger partial charge in [-0.15, -0.1) is 11.3 Å². The lowest BCUT2D eigenvalue weighted by molar-refractivity contribution is -0.132. The van der Waals surface area contributed by atoms with Gasteiger partial charge in [0.25, 0.3) is 0 Å². The molecular formula is C16H22N4OS. The van der Waals surface area contributed by atoms with Gasteiger partial charge < -0.3 is 9.47 Å². The van der Waals surface area contributed by atoms with E-state index in [4.69, 9.17) is 0 Å². The van der Waals surface area contributed by atoms with E-state index in [1.807, 2.05) is 29.6 Å². The van der Waals surface area contributed by atoms with Crippen molar-refractivity contribution in [1.82, 2.24) is 19.4 Å². The van der Waals surface area contributed by atoms with Gasteiger partial charge in [-0.25, -0.2) is 9.97 Å². The molecule has 0 aromatic carbocycles. The summed E-state index contributed by atoms with van der Waals surface area (Å²) in [5.74, 6) is 1.21. The van der Waals surface area contributed by atoms with Gasteiger partial charge in [-0.2, -0.15) is 0 Å². The maximum Gasteiger partial charge on any atom is 0.228 e. The van der Waals surface area contributed by atoms with Gasteiger partial charge in [0.1, 0.15) is 5.82 Å². The monoisotopic (exact) mass is 318 g/mol. The van der Waals surface area contributed by atoms with Crippen molar-refractivity contribution >= 4 is 17.2 Å². The molecule has 3 heterocycles. The first-order valence-corrected chi connectivity index (χ1v) is 8.75. The molecule has 0 bridgehead atoms. The number of piperidine rings is 1. The van der Waals surface area contributed by atoms with Gasteiger partial charge in [0, 0.05) is 30.9 Å². The van der Waals surface area contributed by atoms with Crippen LogP contribution in [-0.4, -0.2) is 38.4 Å². The van der Waals surface area contributed by atoms with Crippen molar-refractivity contribution in [2.45, 2.75) is 45.6 Å². The summed E-state index contributed by atoms with van der Waals surface area (Å²) in [6.45, 7) is 5.74. The van der Waals surface area contributed by atoms with E-state index < -0.39 is 0 Å². The molecule has 1 aliphatic heterocycles. The fraction of sp³-hybridized carbons (Fsp3) is 0.562. The van der Waals surface area contributed by atoms with E-state index >= 15 is 0 Å². The molecule has 1 unspecified atom stereocenters. The van der Waals surface area contributed by atoms with E-state index in [0.29, 0.717) is 12.5 Å². The van der Waals surface area contributed by atoms with E-state index in [2.05, 4.69) is 21.5 Å². The van der Waals surface area contributed by atoms with Crippen LogP contribution in [0.4, 0.5) is 0 Å². The van der Waals surface area contributed by atoms with Crippen molar-refractivity contribution in [1.29, 1.82) is 0 Å². The molecule has 1 amide bonds. The smallest absolute Gasteiger partial charge is 0.228 e. The first-order valence-electron chi connectivity index (χ1n) is 7.88. The van der Waals surface area contributed by atoms with Crippen LogP contribution >= 0.6 is 11.3 Å². The minimum Gasteiger partial charge on any atom is -0.340 e. The van der Waals surface area contributed by atoms with Gasteiger partial charge >= 0.3 is 0 Å². The normalized spacial score (nSPS) is 18.6. The van der Waals surface area contributed by atoms with E-state index in [0.717, 1.165) is 48.9 Å². The number of thiazole rings is 1. The molecule has 6 heteroatoms. The Balaban J connectivity index is 1.64. The van der Waals surface area contributed by atoms with Crippen LogP contribution in [-0.2, 0) is 17.6 Å². The number of rotatable bonds is 4. The second-order valence-corrected chi connectivity index (χ2v) is 6.72. The lowest BCUT2D eigenvalue weighted by atomic mass is 10.0. The molecule has 3 rings (SSSR count). The molecule has 0 radical (unpaired) electrons. The molecule has 0 saturated carbocycles. The highest BCUT2D eigenvalue weighted by Gasteiger charge is 2.25. The lowest BCUT2D eigenvalue weighted by Crippen LogP contribution is -2.41. The Kier molecular flexibility index (Phi) is 4.57. The SMILES string of the molecule is CCc1nc(CC(=O)N2CCCC(n3ccnc3C)C2)cs1. The van der Waals surface area contributed by atoms with Gasteiger partial charge in [0.15, 0.2) is 0 Å².